The number of anilines is 1. The molecule has 1 aliphatic rings. The Kier molecular flexibility index (Phi) is 6.79. The molecule has 0 heterocycles. The number of hydrogen-bond acceptors (Lipinski definition) is 3. The summed E-state index contributed by atoms with van der Waals surface area (Å²) in [6.45, 7) is 5.69. The van der Waals surface area contributed by atoms with Crippen molar-refractivity contribution in [2.45, 2.75) is 58.6 Å². The SMILES string of the molecule is CC(=O)Nc1cccc([C@H](C)NC(=O)CO[C@@H]2CCCC[C@H]2C)c1. The van der Waals surface area contributed by atoms with Crippen molar-refractivity contribution >= 4 is 17.5 Å². The molecule has 2 amide bonds. The van der Waals surface area contributed by atoms with Gasteiger partial charge < -0.3 is 15.4 Å². The van der Waals surface area contributed by atoms with E-state index in [0.717, 1.165) is 17.7 Å². The Bertz CT molecular complexity index is 573. The summed E-state index contributed by atoms with van der Waals surface area (Å²) in [4.78, 5) is 23.3. The van der Waals surface area contributed by atoms with Crippen molar-refractivity contribution < 1.29 is 14.3 Å². The fourth-order valence-corrected chi connectivity index (χ4v) is 3.17. The van der Waals surface area contributed by atoms with Crippen LogP contribution >= 0.6 is 0 Å². The normalized spacial score (nSPS) is 21.8. The Labute approximate surface area is 144 Å². The average molecular weight is 332 g/mol. The Morgan fingerprint density at radius 1 is 1.29 bits per heavy atom. The minimum atomic E-state index is -0.140. The van der Waals surface area contributed by atoms with Gasteiger partial charge in [0.05, 0.1) is 12.1 Å². The summed E-state index contributed by atoms with van der Waals surface area (Å²) >= 11 is 0. The third kappa shape index (κ3) is 5.64. The number of hydrogen-bond donors (Lipinski definition) is 2. The molecule has 5 nitrogen and oxygen atoms in total. The van der Waals surface area contributed by atoms with Gasteiger partial charge in [-0.2, -0.15) is 0 Å². The summed E-state index contributed by atoms with van der Waals surface area (Å²) in [5, 5.41) is 5.70. The smallest absolute Gasteiger partial charge is 0.246 e. The van der Waals surface area contributed by atoms with Crippen molar-refractivity contribution in [1.82, 2.24) is 5.32 Å². The molecule has 3 atom stereocenters. The maximum Gasteiger partial charge on any atom is 0.246 e. The summed E-state index contributed by atoms with van der Waals surface area (Å²) in [7, 11) is 0. The zero-order valence-electron chi connectivity index (χ0n) is 14.8. The summed E-state index contributed by atoms with van der Waals surface area (Å²) in [5.74, 6) is 0.308. The van der Waals surface area contributed by atoms with Crippen LogP contribution in [0, 0.1) is 5.92 Å². The van der Waals surface area contributed by atoms with Gasteiger partial charge in [0.25, 0.3) is 0 Å². The molecule has 0 saturated heterocycles. The number of carbonyl (C=O) groups excluding carboxylic acids is 2. The van der Waals surface area contributed by atoms with E-state index in [4.69, 9.17) is 4.74 Å². The average Bonchev–Trinajstić information content (AvgIpc) is 2.53. The lowest BCUT2D eigenvalue weighted by Crippen LogP contribution is -2.34. The van der Waals surface area contributed by atoms with Crippen molar-refractivity contribution in [3.8, 4) is 0 Å². The van der Waals surface area contributed by atoms with Crippen molar-refractivity contribution in [1.29, 1.82) is 0 Å². The van der Waals surface area contributed by atoms with E-state index in [0.29, 0.717) is 5.92 Å². The maximum atomic E-state index is 12.1. The Hall–Kier alpha value is -1.88. The van der Waals surface area contributed by atoms with Crippen LogP contribution in [0.15, 0.2) is 24.3 Å². The van der Waals surface area contributed by atoms with Gasteiger partial charge in [0.1, 0.15) is 6.61 Å². The molecule has 5 heteroatoms. The summed E-state index contributed by atoms with van der Waals surface area (Å²) < 4.78 is 5.80. The van der Waals surface area contributed by atoms with Gasteiger partial charge >= 0.3 is 0 Å². The van der Waals surface area contributed by atoms with Crippen LogP contribution in [-0.2, 0) is 14.3 Å². The zero-order chi connectivity index (χ0) is 17.5. The predicted molar refractivity (Wildman–Crippen MR) is 94.7 cm³/mol. The van der Waals surface area contributed by atoms with Crippen LogP contribution in [0.25, 0.3) is 0 Å². The molecule has 0 aromatic heterocycles. The summed E-state index contributed by atoms with van der Waals surface area (Å²) in [5.41, 5.74) is 1.68. The molecule has 1 fully saturated rings. The molecule has 1 aliphatic carbocycles. The first kappa shape index (κ1) is 18.5. The van der Waals surface area contributed by atoms with E-state index < -0.39 is 0 Å². The van der Waals surface area contributed by atoms with Gasteiger partial charge in [-0.1, -0.05) is 31.9 Å². The van der Waals surface area contributed by atoms with Gasteiger partial charge in [-0.3, -0.25) is 9.59 Å². The second kappa shape index (κ2) is 8.83. The van der Waals surface area contributed by atoms with E-state index in [9.17, 15) is 9.59 Å². The van der Waals surface area contributed by atoms with Crippen molar-refractivity contribution in [2.75, 3.05) is 11.9 Å². The lowest BCUT2D eigenvalue weighted by molar-refractivity contribution is -0.130. The van der Waals surface area contributed by atoms with Crippen molar-refractivity contribution in [3.05, 3.63) is 29.8 Å². The second-order valence-corrected chi connectivity index (χ2v) is 6.71. The summed E-state index contributed by atoms with van der Waals surface area (Å²) in [6, 6.07) is 7.35. The van der Waals surface area contributed by atoms with Crippen LogP contribution < -0.4 is 10.6 Å². The van der Waals surface area contributed by atoms with E-state index in [-0.39, 0.29) is 30.6 Å². The molecule has 0 unspecified atom stereocenters. The molecule has 24 heavy (non-hydrogen) atoms. The van der Waals surface area contributed by atoms with Crippen molar-refractivity contribution in [2.24, 2.45) is 5.92 Å². The van der Waals surface area contributed by atoms with E-state index in [1.54, 1.807) is 0 Å². The third-order valence-corrected chi connectivity index (χ3v) is 4.55. The van der Waals surface area contributed by atoms with Gasteiger partial charge in [0.2, 0.25) is 11.8 Å². The molecule has 0 aliphatic heterocycles. The third-order valence-electron chi connectivity index (χ3n) is 4.55. The quantitative estimate of drug-likeness (QED) is 0.839. The van der Waals surface area contributed by atoms with Crippen LogP contribution in [0.3, 0.4) is 0 Å². The monoisotopic (exact) mass is 332 g/mol. The van der Waals surface area contributed by atoms with Crippen LogP contribution in [0.5, 0.6) is 0 Å². The van der Waals surface area contributed by atoms with Gasteiger partial charge in [-0.15, -0.1) is 0 Å². The molecule has 0 radical (unpaired) electrons. The highest BCUT2D eigenvalue weighted by atomic mass is 16.5. The van der Waals surface area contributed by atoms with E-state index >= 15 is 0 Å². The fraction of sp³-hybridized carbons (Fsp3) is 0.579. The second-order valence-electron chi connectivity index (χ2n) is 6.71. The first-order valence-corrected chi connectivity index (χ1v) is 8.74. The highest BCUT2D eigenvalue weighted by molar-refractivity contribution is 5.88. The first-order valence-electron chi connectivity index (χ1n) is 8.74. The topological polar surface area (TPSA) is 67.4 Å². The first-order chi connectivity index (χ1) is 11.5. The Balaban J connectivity index is 1.83. The largest absolute Gasteiger partial charge is 0.368 e. The lowest BCUT2D eigenvalue weighted by Gasteiger charge is -2.28. The van der Waals surface area contributed by atoms with Crippen LogP contribution in [0.1, 0.15) is 58.1 Å². The number of amides is 2. The van der Waals surface area contributed by atoms with Gasteiger partial charge in [0, 0.05) is 12.6 Å². The molecule has 2 rings (SSSR count). The molecular formula is C19H28N2O3. The molecule has 1 saturated carbocycles. The number of ether oxygens (including phenoxy) is 1. The minimum absolute atomic E-state index is 0.102. The van der Waals surface area contributed by atoms with Gasteiger partial charge in [-0.25, -0.2) is 0 Å². The molecule has 0 bridgehead atoms. The number of carbonyl (C=O) groups is 2. The van der Waals surface area contributed by atoms with E-state index in [2.05, 4.69) is 17.6 Å². The molecule has 0 spiro atoms. The Morgan fingerprint density at radius 3 is 2.75 bits per heavy atom. The highest BCUT2D eigenvalue weighted by Crippen LogP contribution is 2.26. The number of nitrogens with one attached hydrogen (secondary N) is 2. The van der Waals surface area contributed by atoms with Crippen molar-refractivity contribution in [3.63, 3.8) is 0 Å². The van der Waals surface area contributed by atoms with Gasteiger partial charge in [-0.05, 0) is 43.4 Å². The Morgan fingerprint density at radius 2 is 2.04 bits per heavy atom. The maximum absolute atomic E-state index is 12.1. The predicted octanol–water partition coefficient (Wildman–Crippen LogP) is 3.42. The molecule has 132 valence electrons. The van der Waals surface area contributed by atoms with Crippen LogP contribution in [0.2, 0.25) is 0 Å². The standard InChI is InChI=1S/C19H28N2O3/c1-13-7-4-5-10-18(13)24-12-19(23)20-14(2)16-8-6-9-17(11-16)21-15(3)22/h6,8-9,11,13-14,18H,4-5,7,10,12H2,1-3H3,(H,20,23)(H,21,22)/t13-,14+,18-/m1/s1. The highest BCUT2D eigenvalue weighted by Gasteiger charge is 2.22. The van der Waals surface area contributed by atoms with Gasteiger partial charge in [0.15, 0.2) is 0 Å². The fourth-order valence-electron chi connectivity index (χ4n) is 3.17. The molecule has 1 aromatic carbocycles. The van der Waals surface area contributed by atoms with Crippen LogP contribution in [0.4, 0.5) is 5.69 Å². The zero-order valence-corrected chi connectivity index (χ0v) is 14.8. The number of benzene rings is 1. The lowest BCUT2D eigenvalue weighted by atomic mass is 9.88. The molecule has 1 aromatic rings. The minimum Gasteiger partial charge on any atom is -0.368 e. The number of rotatable bonds is 6. The van der Waals surface area contributed by atoms with E-state index in [1.165, 1.54) is 26.2 Å². The van der Waals surface area contributed by atoms with Crippen LogP contribution in [-0.4, -0.2) is 24.5 Å². The van der Waals surface area contributed by atoms with E-state index in [1.807, 2.05) is 31.2 Å². The summed E-state index contributed by atoms with van der Waals surface area (Å²) in [6.07, 6.45) is 4.86. The molecule has 2 N–H and O–H groups in total. The molecular weight excluding hydrogens is 304 g/mol.